The Balaban J connectivity index is 1.50. The quantitative estimate of drug-likeness (QED) is 0.396. The number of hydrogen-bond acceptors (Lipinski definition) is 5. The van der Waals surface area contributed by atoms with Gasteiger partial charge >= 0.3 is 0 Å². The second-order valence-corrected chi connectivity index (χ2v) is 7.56. The van der Waals surface area contributed by atoms with Gasteiger partial charge < -0.3 is 19.2 Å². The number of nitrogens with one attached hydrogen (secondary N) is 1. The predicted molar refractivity (Wildman–Crippen MR) is 121 cm³/mol. The summed E-state index contributed by atoms with van der Waals surface area (Å²) in [6.45, 7) is 0.263. The van der Waals surface area contributed by atoms with Gasteiger partial charge in [0.1, 0.15) is 35.3 Å². The number of anilines is 1. The number of methoxy groups -OCH3 is 1. The van der Waals surface area contributed by atoms with E-state index < -0.39 is 0 Å². The minimum Gasteiger partial charge on any atom is -0.495 e. The number of amides is 1. The Morgan fingerprint density at radius 1 is 1.10 bits per heavy atom. The van der Waals surface area contributed by atoms with E-state index in [2.05, 4.69) is 21.2 Å². The van der Waals surface area contributed by atoms with Gasteiger partial charge in [-0.3, -0.25) is 4.79 Å². The zero-order valence-corrected chi connectivity index (χ0v) is 18.3. The van der Waals surface area contributed by atoms with Crippen LogP contribution < -0.4 is 19.7 Å². The molecule has 0 radical (unpaired) electrons. The van der Waals surface area contributed by atoms with Crippen LogP contribution in [0.25, 0.3) is 6.08 Å². The molecule has 1 fully saturated rings. The van der Waals surface area contributed by atoms with Gasteiger partial charge in [-0.2, -0.15) is 0 Å². The average Bonchev–Trinajstić information content (AvgIpc) is 3.31. The maximum atomic E-state index is 12.9. The summed E-state index contributed by atoms with van der Waals surface area (Å²) < 4.78 is 17.8. The van der Waals surface area contributed by atoms with Gasteiger partial charge in [0, 0.05) is 6.08 Å². The lowest BCUT2D eigenvalue weighted by atomic mass is 10.2. The number of carbonyl (C=O) groups excluding carboxylic acids is 1. The third kappa shape index (κ3) is 4.10. The van der Waals surface area contributed by atoms with Crippen LogP contribution in [0.5, 0.6) is 11.5 Å². The van der Waals surface area contributed by atoms with Crippen LogP contribution in [0, 0.1) is 0 Å². The average molecular weight is 485 g/mol. The number of furan rings is 1. The summed E-state index contributed by atoms with van der Waals surface area (Å²) in [5.41, 5.74) is 0.895. The first kappa shape index (κ1) is 20.2. The number of halogens is 1. The number of rotatable bonds is 6. The van der Waals surface area contributed by atoms with Gasteiger partial charge in [-0.25, -0.2) is 4.90 Å². The summed E-state index contributed by atoms with van der Waals surface area (Å²) in [6.07, 6.45) is 1.62. The van der Waals surface area contributed by atoms with Crippen LogP contribution in [0.1, 0.15) is 11.5 Å². The largest absolute Gasteiger partial charge is 0.495 e. The number of hydrogen-bond donors (Lipinski definition) is 1. The maximum Gasteiger partial charge on any atom is 0.281 e. The molecule has 1 aliphatic heterocycles. The Morgan fingerprint density at radius 2 is 1.83 bits per heavy atom. The molecule has 6 nitrogen and oxygen atoms in total. The summed E-state index contributed by atoms with van der Waals surface area (Å²) in [5, 5.41) is 3.22. The zero-order valence-electron chi connectivity index (χ0n) is 15.9. The van der Waals surface area contributed by atoms with Crippen molar-refractivity contribution in [1.29, 1.82) is 0 Å². The molecule has 1 aliphatic rings. The van der Waals surface area contributed by atoms with Gasteiger partial charge in [0.25, 0.3) is 5.91 Å². The SMILES string of the molecule is COc1ccccc1N1C(=O)/C(=C\c2ccc(COc3ccccc3Br)o2)NC1=S. The van der Waals surface area contributed by atoms with E-state index in [0.717, 1.165) is 10.2 Å². The molecule has 0 atom stereocenters. The summed E-state index contributed by atoms with van der Waals surface area (Å²) in [6, 6.07) is 18.4. The fourth-order valence-corrected chi connectivity index (χ4v) is 3.66. The van der Waals surface area contributed by atoms with Gasteiger partial charge in [-0.05, 0) is 64.5 Å². The van der Waals surface area contributed by atoms with E-state index in [-0.39, 0.29) is 17.6 Å². The van der Waals surface area contributed by atoms with Crippen molar-refractivity contribution in [3.05, 3.63) is 82.4 Å². The molecule has 4 rings (SSSR count). The van der Waals surface area contributed by atoms with Crippen LogP contribution in [-0.4, -0.2) is 18.1 Å². The normalized spacial score (nSPS) is 14.9. The highest BCUT2D eigenvalue weighted by Crippen LogP contribution is 2.31. The molecule has 2 aromatic carbocycles. The Hall–Kier alpha value is -3.10. The minimum absolute atomic E-state index is 0.263. The number of nitrogens with zero attached hydrogens (tertiary/aromatic N) is 1. The lowest BCUT2D eigenvalue weighted by molar-refractivity contribution is -0.113. The fourth-order valence-electron chi connectivity index (χ4n) is 2.97. The monoisotopic (exact) mass is 484 g/mol. The summed E-state index contributed by atoms with van der Waals surface area (Å²) in [4.78, 5) is 14.3. The molecule has 30 heavy (non-hydrogen) atoms. The molecule has 0 aliphatic carbocycles. The number of thiocarbonyl (C=S) groups is 1. The van der Waals surface area contributed by atoms with Crippen molar-refractivity contribution in [3.8, 4) is 11.5 Å². The van der Waals surface area contributed by atoms with E-state index in [1.54, 1.807) is 37.5 Å². The van der Waals surface area contributed by atoms with Crippen LogP contribution in [0.15, 0.2) is 75.3 Å². The van der Waals surface area contributed by atoms with Gasteiger partial charge in [-0.1, -0.05) is 24.3 Å². The first-order valence-electron chi connectivity index (χ1n) is 9.03. The number of carbonyl (C=O) groups is 1. The van der Waals surface area contributed by atoms with Crippen LogP contribution in [-0.2, 0) is 11.4 Å². The van der Waals surface area contributed by atoms with E-state index in [1.807, 2.05) is 36.4 Å². The fraction of sp³-hybridized carbons (Fsp3) is 0.0909. The molecule has 0 saturated carbocycles. The third-order valence-electron chi connectivity index (χ3n) is 4.38. The van der Waals surface area contributed by atoms with Gasteiger partial charge in [0.15, 0.2) is 5.11 Å². The standard InChI is InChI=1S/C22H17BrN2O4S/c1-27-20-9-5-3-7-18(20)25-21(26)17(24-22(25)30)12-14-10-11-15(29-14)13-28-19-8-4-2-6-16(19)23/h2-12H,13H2,1H3,(H,24,30)/b17-12+. The van der Waals surface area contributed by atoms with Crippen molar-refractivity contribution < 1.29 is 18.7 Å². The second-order valence-electron chi connectivity index (χ2n) is 6.32. The first-order chi connectivity index (χ1) is 14.6. The topological polar surface area (TPSA) is 63.9 Å². The van der Waals surface area contributed by atoms with Gasteiger partial charge in [0.05, 0.1) is 17.3 Å². The molecule has 1 amide bonds. The molecule has 1 N–H and O–H groups in total. The highest BCUT2D eigenvalue weighted by molar-refractivity contribution is 9.10. The molecule has 152 valence electrons. The van der Waals surface area contributed by atoms with Crippen molar-refractivity contribution in [1.82, 2.24) is 5.32 Å². The number of benzene rings is 2. The second kappa shape index (κ2) is 8.73. The van der Waals surface area contributed by atoms with Crippen molar-refractivity contribution in [2.75, 3.05) is 12.0 Å². The van der Waals surface area contributed by atoms with E-state index in [1.165, 1.54) is 4.90 Å². The Bertz CT molecular complexity index is 1140. The van der Waals surface area contributed by atoms with Crippen molar-refractivity contribution >= 4 is 50.9 Å². The highest BCUT2D eigenvalue weighted by Gasteiger charge is 2.33. The van der Waals surface area contributed by atoms with Crippen LogP contribution in [0.2, 0.25) is 0 Å². The maximum absolute atomic E-state index is 12.9. The van der Waals surface area contributed by atoms with Gasteiger partial charge in [0.2, 0.25) is 0 Å². The summed E-state index contributed by atoms with van der Waals surface area (Å²) >= 11 is 8.80. The Labute approximate surface area is 187 Å². The first-order valence-corrected chi connectivity index (χ1v) is 10.2. The number of ether oxygens (including phenoxy) is 2. The molecular formula is C22H17BrN2O4S. The smallest absolute Gasteiger partial charge is 0.281 e. The summed E-state index contributed by atoms with van der Waals surface area (Å²) in [5.74, 6) is 2.14. The van der Waals surface area contributed by atoms with E-state index in [0.29, 0.717) is 28.7 Å². The van der Waals surface area contributed by atoms with E-state index in [9.17, 15) is 4.79 Å². The van der Waals surface area contributed by atoms with Crippen molar-refractivity contribution in [2.24, 2.45) is 0 Å². The molecule has 0 unspecified atom stereocenters. The highest BCUT2D eigenvalue weighted by atomic mass is 79.9. The van der Waals surface area contributed by atoms with E-state index >= 15 is 0 Å². The molecule has 1 aromatic heterocycles. The molecule has 0 bridgehead atoms. The third-order valence-corrected chi connectivity index (χ3v) is 5.32. The molecular weight excluding hydrogens is 468 g/mol. The number of para-hydroxylation sites is 3. The van der Waals surface area contributed by atoms with Crippen molar-refractivity contribution in [2.45, 2.75) is 6.61 Å². The van der Waals surface area contributed by atoms with E-state index in [4.69, 9.17) is 26.1 Å². The summed E-state index contributed by atoms with van der Waals surface area (Å²) in [7, 11) is 1.55. The molecule has 0 spiro atoms. The Kier molecular flexibility index (Phi) is 5.87. The van der Waals surface area contributed by atoms with Crippen LogP contribution in [0.3, 0.4) is 0 Å². The Morgan fingerprint density at radius 3 is 2.60 bits per heavy atom. The molecule has 1 saturated heterocycles. The minimum atomic E-state index is -0.285. The zero-order chi connectivity index (χ0) is 21.1. The molecule has 8 heteroatoms. The van der Waals surface area contributed by atoms with Crippen LogP contribution in [0.4, 0.5) is 5.69 Å². The van der Waals surface area contributed by atoms with Crippen molar-refractivity contribution in [3.63, 3.8) is 0 Å². The van der Waals surface area contributed by atoms with Gasteiger partial charge in [-0.15, -0.1) is 0 Å². The molecule has 3 aromatic rings. The van der Waals surface area contributed by atoms with Crippen LogP contribution >= 0.6 is 28.1 Å². The molecule has 2 heterocycles. The lowest BCUT2D eigenvalue weighted by Crippen LogP contribution is -2.30. The predicted octanol–water partition coefficient (Wildman–Crippen LogP) is 4.89. The lowest BCUT2D eigenvalue weighted by Gasteiger charge is -2.17.